The molecule has 166 valence electrons. The van der Waals surface area contributed by atoms with Gasteiger partial charge >= 0.3 is 0 Å². The summed E-state index contributed by atoms with van der Waals surface area (Å²) in [5.41, 5.74) is 7.07. The van der Waals surface area contributed by atoms with Gasteiger partial charge in [0, 0.05) is 12.0 Å². The number of thiazole rings is 1. The minimum atomic E-state index is -1.97. The van der Waals surface area contributed by atoms with Gasteiger partial charge in [-0.2, -0.15) is 0 Å². The van der Waals surface area contributed by atoms with Crippen LogP contribution in [-0.2, 0) is 4.79 Å². The number of hydrogen-bond donors (Lipinski definition) is 4. The first kappa shape index (κ1) is 23.6. The number of nitrogen functional groups attached to an aromatic ring is 1. The summed E-state index contributed by atoms with van der Waals surface area (Å²) in [4.78, 5) is 29.2. The standard InChI is InChI=1S/C20H18B3N7O3S/c1-33-16-10(19-25-8-13(24)34-19)3-2-4-11(16)26-12-7-14(27-17(31)9-5-6-9)29-30-15(12)18(32)28-20(21,22)23/h2-4,7-9H,5-6,24H2,1H3,(H,28,32)(H2,26,27,29,31). The van der Waals surface area contributed by atoms with Crippen molar-refractivity contribution in [2.24, 2.45) is 5.92 Å². The number of anilines is 4. The highest BCUT2D eigenvalue weighted by molar-refractivity contribution is 7.18. The molecule has 5 N–H and O–H groups in total. The molecule has 1 aliphatic rings. The van der Waals surface area contributed by atoms with Crippen molar-refractivity contribution < 1.29 is 14.3 Å². The van der Waals surface area contributed by atoms with Crippen LogP contribution < -0.4 is 26.4 Å². The summed E-state index contributed by atoms with van der Waals surface area (Å²) >= 11 is 1.30. The van der Waals surface area contributed by atoms with Gasteiger partial charge in [-0.1, -0.05) is 22.6 Å². The molecule has 10 nitrogen and oxygen atoms in total. The van der Waals surface area contributed by atoms with E-state index in [-0.39, 0.29) is 29.0 Å². The number of nitrogens with zero attached hydrogens (tertiary/aromatic N) is 3. The lowest BCUT2D eigenvalue weighted by molar-refractivity contribution is -0.117. The molecule has 2 aromatic heterocycles. The molecule has 1 aliphatic carbocycles. The summed E-state index contributed by atoms with van der Waals surface area (Å²) in [6.45, 7) is 0. The van der Waals surface area contributed by atoms with E-state index in [0.717, 1.165) is 12.8 Å². The molecule has 1 saturated carbocycles. The fourth-order valence-corrected chi connectivity index (χ4v) is 3.83. The largest absolute Gasteiger partial charge is 0.494 e. The second-order valence-electron chi connectivity index (χ2n) is 7.72. The zero-order valence-electron chi connectivity index (χ0n) is 18.2. The maximum atomic E-state index is 12.7. The van der Waals surface area contributed by atoms with Crippen LogP contribution >= 0.6 is 11.3 Å². The van der Waals surface area contributed by atoms with Gasteiger partial charge in [-0.25, -0.2) is 4.98 Å². The first-order valence-corrected chi connectivity index (χ1v) is 11.0. The third-order valence-electron chi connectivity index (χ3n) is 4.78. The minimum absolute atomic E-state index is 0.0453. The number of nitrogens with two attached hydrogens (primary N) is 1. The number of carbonyl (C=O) groups excluding carboxylic acids is 2. The molecular formula is C20H18B3N7O3S. The summed E-state index contributed by atoms with van der Waals surface area (Å²) in [6, 6.07) is 6.82. The molecule has 14 heteroatoms. The summed E-state index contributed by atoms with van der Waals surface area (Å²) in [7, 11) is 18.0. The molecule has 2 heterocycles. The molecule has 34 heavy (non-hydrogen) atoms. The van der Waals surface area contributed by atoms with Crippen LogP contribution in [0.3, 0.4) is 0 Å². The van der Waals surface area contributed by atoms with Crippen LogP contribution in [0, 0.1) is 5.92 Å². The van der Waals surface area contributed by atoms with Gasteiger partial charge in [0.1, 0.15) is 10.0 Å². The van der Waals surface area contributed by atoms with Gasteiger partial charge in [0.05, 0.1) is 53.8 Å². The van der Waals surface area contributed by atoms with Crippen molar-refractivity contribution in [3.63, 3.8) is 0 Å². The first-order chi connectivity index (χ1) is 16.1. The quantitative estimate of drug-likeness (QED) is 0.360. The van der Waals surface area contributed by atoms with E-state index in [1.54, 1.807) is 18.3 Å². The van der Waals surface area contributed by atoms with Crippen molar-refractivity contribution >= 4 is 68.9 Å². The second kappa shape index (κ2) is 9.37. The fourth-order valence-electron chi connectivity index (χ4n) is 3.13. The number of amides is 2. The van der Waals surface area contributed by atoms with Gasteiger partial charge in [0.2, 0.25) is 5.91 Å². The second-order valence-corrected chi connectivity index (χ2v) is 8.78. The van der Waals surface area contributed by atoms with Crippen LogP contribution in [0.15, 0.2) is 30.5 Å². The lowest BCUT2D eigenvalue weighted by Gasteiger charge is -2.23. The van der Waals surface area contributed by atoms with Gasteiger partial charge in [-0.15, -0.1) is 10.2 Å². The van der Waals surface area contributed by atoms with Crippen molar-refractivity contribution in [3.8, 4) is 16.3 Å². The van der Waals surface area contributed by atoms with Crippen molar-refractivity contribution in [1.29, 1.82) is 0 Å². The van der Waals surface area contributed by atoms with Gasteiger partial charge in [0.25, 0.3) is 5.91 Å². The Morgan fingerprint density at radius 2 is 1.97 bits per heavy atom. The number of ether oxygens (including phenoxy) is 1. The third-order valence-corrected chi connectivity index (χ3v) is 5.64. The average Bonchev–Trinajstić information content (AvgIpc) is 3.53. The minimum Gasteiger partial charge on any atom is -0.494 e. The van der Waals surface area contributed by atoms with Gasteiger partial charge in [-0.05, 0) is 25.0 Å². The van der Waals surface area contributed by atoms with Crippen LogP contribution in [0.1, 0.15) is 23.3 Å². The Morgan fingerprint density at radius 1 is 1.21 bits per heavy atom. The number of benzene rings is 1. The van der Waals surface area contributed by atoms with E-state index in [0.29, 0.717) is 27.0 Å². The molecule has 0 atom stereocenters. The van der Waals surface area contributed by atoms with E-state index >= 15 is 0 Å². The molecule has 1 aromatic carbocycles. The van der Waals surface area contributed by atoms with E-state index in [4.69, 9.17) is 34.0 Å². The highest BCUT2D eigenvalue weighted by Crippen LogP contribution is 2.40. The lowest BCUT2D eigenvalue weighted by Crippen LogP contribution is -2.50. The normalized spacial score (nSPS) is 13.2. The molecule has 0 saturated heterocycles. The maximum Gasteiger partial charge on any atom is 0.272 e. The number of hydrogen-bond acceptors (Lipinski definition) is 9. The van der Waals surface area contributed by atoms with E-state index in [9.17, 15) is 9.59 Å². The van der Waals surface area contributed by atoms with Crippen LogP contribution in [-0.4, -0.2) is 62.9 Å². The predicted molar refractivity (Wildman–Crippen MR) is 133 cm³/mol. The average molecular weight is 469 g/mol. The van der Waals surface area contributed by atoms with E-state index in [1.165, 1.54) is 24.5 Å². The number of aromatic nitrogens is 3. The van der Waals surface area contributed by atoms with Gasteiger partial charge in [-0.3, -0.25) is 9.59 Å². The Bertz CT molecular complexity index is 1240. The van der Waals surface area contributed by atoms with Crippen LogP contribution in [0.4, 0.5) is 22.2 Å². The summed E-state index contributed by atoms with van der Waals surface area (Å²) in [5, 5.41) is 15.2. The zero-order valence-corrected chi connectivity index (χ0v) is 19.0. The number of rotatable bonds is 8. The van der Waals surface area contributed by atoms with Gasteiger partial charge in [0.15, 0.2) is 17.3 Å². The Balaban J connectivity index is 1.72. The molecule has 0 unspecified atom stereocenters. The fraction of sp³-hybridized carbons (Fsp3) is 0.250. The predicted octanol–water partition coefficient (Wildman–Crippen LogP) is 1.13. The first-order valence-electron chi connectivity index (χ1n) is 10.2. The molecule has 2 amide bonds. The summed E-state index contributed by atoms with van der Waals surface area (Å²) in [6.07, 6.45) is 3.20. The van der Waals surface area contributed by atoms with Crippen molar-refractivity contribution in [2.75, 3.05) is 23.5 Å². The van der Waals surface area contributed by atoms with Crippen LogP contribution in [0.5, 0.6) is 5.75 Å². The van der Waals surface area contributed by atoms with E-state index in [2.05, 4.69) is 31.1 Å². The number of para-hydroxylation sites is 1. The number of methoxy groups -OCH3 is 1. The highest BCUT2D eigenvalue weighted by Gasteiger charge is 2.30. The smallest absolute Gasteiger partial charge is 0.272 e. The van der Waals surface area contributed by atoms with E-state index < -0.39 is 11.1 Å². The molecule has 0 bridgehead atoms. The molecule has 1 fully saturated rings. The van der Waals surface area contributed by atoms with Gasteiger partial charge < -0.3 is 26.4 Å². The van der Waals surface area contributed by atoms with Crippen LogP contribution in [0.25, 0.3) is 10.6 Å². The Morgan fingerprint density at radius 3 is 2.59 bits per heavy atom. The zero-order chi connectivity index (χ0) is 24.5. The topological polar surface area (TPSA) is 144 Å². The molecular weight excluding hydrogens is 451 g/mol. The monoisotopic (exact) mass is 469 g/mol. The third kappa shape index (κ3) is 5.50. The lowest BCUT2D eigenvalue weighted by atomic mass is 9.49. The molecule has 0 spiro atoms. The number of nitrogens with one attached hydrogen (secondary N) is 3. The molecule has 3 aromatic rings. The maximum absolute atomic E-state index is 12.7. The number of carbonyl (C=O) groups is 2. The molecule has 6 radical (unpaired) electrons. The molecule has 4 rings (SSSR count). The summed E-state index contributed by atoms with van der Waals surface area (Å²) < 4.78 is 5.62. The molecule has 0 aliphatic heterocycles. The SMILES string of the molecule is [B]C([B])([B])NC(=O)c1nnc(NC(=O)C2CC2)cc1Nc1cccc(-c2ncc(N)s2)c1OC. The van der Waals surface area contributed by atoms with Crippen molar-refractivity contribution in [1.82, 2.24) is 20.5 Å². The Hall–Kier alpha value is -3.54. The Labute approximate surface area is 203 Å². The summed E-state index contributed by atoms with van der Waals surface area (Å²) in [5.74, 6) is -0.364. The van der Waals surface area contributed by atoms with Crippen LogP contribution in [0.2, 0.25) is 0 Å². The Kier molecular flexibility index (Phi) is 6.51. The van der Waals surface area contributed by atoms with Crippen molar-refractivity contribution in [3.05, 3.63) is 36.2 Å². The van der Waals surface area contributed by atoms with Crippen molar-refractivity contribution in [2.45, 2.75) is 18.1 Å². The van der Waals surface area contributed by atoms with E-state index in [1.807, 2.05) is 6.07 Å². The highest BCUT2D eigenvalue weighted by atomic mass is 32.1.